The third-order valence-electron chi connectivity index (χ3n) is 11.2. The Morgan fingerprint density at radius 2 is 1.67 bits per heavy atom. The molecule has 1 saturated carbocycles. The van der Waals surface area contributed by atoms with Crippen molar-refractivity contribution < 1.29 is 24.5 Å². The van der Waals surface area contributed by atoms with Crippen molar-refractivity contribution in [3.63, 3.8) is 0 Å². The Morgan fingerprint density at radius 1 is 0.974 bits per heavy atom. The van der Waals surface area contributed by atoms with Crippen molar-refractivity contribution in [2.45, 2.75) is 99.2 Å². The molecule has 2 N–H and O–H groups in total. The van der Waals surface area contributed by atoms with Gasteiger partial charge in [0, 0.05) is 23.7 Å². The molecule has 1 aliphatic heterocycles. The van der Waals surface area contributed by atoms with Crippen LogP contribution in [-0.4, -0.2) is 33.7 Å². The average Bonchev–Trinajstić information content (AvgIpc) is 3.09. The van der Waals surface area contributed by atoms with Gasteiger partial charge in [-0.3, -0.25) is 4.79 Å². The van der Waals surface area contributed by atoms with Gasteiger partial charge < -0.3 is 14.9 Å². The molecule has 0 radical (unpaired) electrons. The van der Waals surface area contributed by atoms with Crippen molar-refractivity contribution in [1.82, 2.24) is 0 Å². The van der Waals surface area contributed by atoms with Crippen LogP contribution in [0.1, 0.15) is 87.5 Å². The highest BCUT2D eigenvalue weighted by Gasteiger charge is 2.66. The molecule has 2 fully saturated rings. The van der Waals surface area contributed by atoms with E-state index in [1.165, 1.54) is 5.57 Å². The van der Waals surface area contributed by atoms with Gasteiger partial charge in [0.2, 0.25) is 5.78 Å². The van der Waals surface area contributed by atoms with Crippen molar-refractivity contribution >= 4 is 11.8 Å². The molecule has 0 amide bonds. The van der Waals surface area contributed by atoms with E-state index < -0.39 is 34.3 Å². The molecule has 0 aromatic carbocycles. The summed E-state index contributed by atoms with van der Waals surface area (Å²) in [5.74, 6) is -1.51. The van der Waals surface area contributed by atoms with E-state index in [0.717, 1.165) is 36.0 Å². The molecule has 9 atom stereocenters. The zero-order valence-electron chi connectivity index (χ0n) is 24.9. The smallest absolute Gasteiger partial charge is 0.346 e. The summed E-state index contributed by atoms with van der Waals surface area (Å²) < 4.78 is 6.20. The first-order valence-corrected chi connectivity index (χ1v) is 14.8. The molecule has 39 heavy (non-hydrogen) atoms. The number of aliphatic hydroxyl groups is 2. The summed E-state index contributed by atoms with van der Waals surface area (Å²) in [6.07, 6.45) is 11.7. The van der Waals surface area contributed by atoms with Gasteiger partial charge in [-0.05, 0) is 78.1 Å². The minimum absolute atomic E-state index is 0.0608. The van der Waals surface area contributed by atoms with Gasteiger partial charge >= 0.3 is 5.97 Å². The first-order valence-electron chi connectivity index (χ1n) is 14.8. The molecule has 5 rings (SSSR count). The topological polar surface area (TPSA) is 83.8 Å². The second-order valence-corrected chi connectivity index (χ2v) is 13.9. The number of rotatable bonds is 0. The van der Waals surface area contributed by atoms with Crippen LogP contribution in [0.3, 0.4) is 0 Å². The number of hydrogen-bond donors (Lipinski definition) is 2. The maximum absolute atomic E-state index is 14.6. The van der Waals surface area contributed by atoms with Crippen molar-refractivity contribution in [3.05, 3.63) is 57.9 Å². The van der Waals surface area contributed by atoms with E-state index in [1.807, 2.05) is 13.8 Å². The molecular weight excluding hydrogens is 488 g/mol. The molecule has 0 aromatic heterocycles. The van der Waals surface area contributed by atoms with Crippen LogP contribution in [0.25, 0.3) is 0 Å². The van der Waals surface area contributed by atoms with E-state index in [0.29, 0.717) is 12.8 Å². The summed E-state index contributed by atoms with van der Waals surface area (Å²) in [4.78, 5) is 28.4. The zero-order chi connectivity index (χ0) is 28.7. The molecule has 5 nitrogen and oxygen atoms in total. The van der Waals surface area contributed by atoms with Gasteiger partial charge in [0.1, 0.15) is 11.3 Å². The zero-order valence-corrected chi connectivity index (χ0v) is 24.9. The summed E-state index contributed by atoms with van der Waals surface area (Å²) in [7, 11) is 0. The Bertz CT molecular complexity index is 1260. The molecule has 5 aliphatic rings. The SMILES string of the molecule is CC1=CC2(C)/C=C(/C)CCC=C(C)C3C(C)=CC4C(O)CCC(C)C4C3(C)/C(O)=C3/C(=O)OC2(CC1C)C3=O. The van der Waals surface area contributed by atoms with Crippen LogP contribution in [-0.2, 0) is 14.3 Å². The molecule has 1 heterocycles. The first-order chi connectivity index (χ1) is 18.2. The summed E-state index contributed by atoms with van der Waals surface area (Å²) in [5, 5.41) is 23.5. The number of esters is 1. The summed E-state index contributed by atoms with van der Waals surface area (Å²) in [6, 6.07) is 0. The number of Topliss-reactive ketones (excluding diaryl/α,β-unsaturated/α-hetero) is 1. The van der Waals surface area contributed by atoms with E-state index in [-0.39, 0.29) is 40.9 Å². The molecule has 2 bridgehead atoms. The van der Waals surface area contributed by atoms with Gasteiger partial charge in [0.25, 0.3) is 0 Å². The Hall–Kier alpha value is -2.40. The fourth-order valence-corrected chi connectivity index (χ4v) is 9.27. The van der Waals surface area contributed by atoms with Gasteiger partial charge in [-0.2, -0.15) is 0 Å². The van der Waals surface area contributed by atoms with Crippen LogP contribution in [0.2, 0.25) is 0 Å². The van der Waals surface area contributed by atoms with E-state index in [4.69, 9.17) is 4.74 Å². The summed E-state index contributed by atoms with van der Waals surface area (Å²) in [5.41, 5.74) is 1.15. The monoisotopic (exact) mass is 534 g/mol. The number of carbonyl (C=O) groups excluding carboxylic acids is 2. The van der Waals surface area contributed by atoms with Gasteiger partial charge in [-0.25, -0.2) is 4.79 Å². The van der Waals surface area contributed by atoms with Crippen LogP contribution < -0.4 is 0 Å². The van der Waals surface area contributed by atoms with Crippen LogP contribution >= 0.6 is 0 Å². The van der Waals surface area contributed by atoms with Crippen molar-refractivity contribution in [3.8, 4) is 0 Å². The Labute approximate surface area is 233 Å². The van der Waals surface area contributed by atoms with Crippen LogP contribution in [0, 0.1) is 40.4 Å². The second kappa shape index (κ2) is 9.33. The molecule has 5 heteroatoms. The van der Waals surface area contributed by atoms with Gasteiger partial charge in [0.15, 0.2) is 5.60 Å². The number of allylic oxidation sites excluding steroid dienone is 6. The quantitative estimate of drug-likeness (QED) is 0.200. The van der Waals surface area contributed by atoms with E-state index in [9.17, 15) is 19.8 Å². The predicted molar refractivity (Wildman–Crippen MR) is 153 cm³/mol. The predicted octanol–water partition coefficient (Wildman–Crippen LogP) is 6.95. The standard InChI is InChI=1S/C34H46O5/c1-18-10-9-11-19(2)27-21(4)14-24-25(35)13-12-20(3)28(24)33(27,8)29(36)26-30(37)34(39-31(26)38)17-23(6)22(5)16-32(34,7)15-18/h11,14-16,20,23-25,27-28,35-36H,9-10,12-13,17H2,1-8H3/b18-15-,19-11?,29-26-. The van der Waals surface area contributed by atoms with Crippen LogP contribution in [0.15, 0.2) is 57.9 Å². The fourth-order valence-electron chi connectivity index (χ4n) is 9.27. The third kappa shape index (κ3) is 3.89. The summed E-state index contributed by atoms with van der Waals surface area (Å²) in [6.45, 7) is 16.6. The Morgan fingerprint density at radius 3 is 2.36 bits per heavy atom. The molecule has 9 unspecified atom stereocenters. The summed E-state index contributed by atoms with van der Waals surface area (Å²) >= 11 is 0. The van der Waals surface area contributed by atoms with Crippen molar-refractivity contribution in [2.24, 2.45) is 40.4 Å². The molecule has 0 aromatic rings. The minimum atomic E-state index is -1.40. The second-order valence-electron chi connectivity index (χ2n) is 13.9. The number of aliphatic hydroxyl groups excluding tert-OH is 2. The van der Waals surface area contributed by atoms with Gasteiger partial charge in [0.05, 0.1) is 11.5 Å². The van der Waals surface area contributed by atoms with E-state index >= 15 is 0 Å². The fraction of sp³-hybridized carbons (Fsp3) is 0.647. The molecule has 1 saturated heterocycles. The lowest BCUT2D eigenvalue weighted by molar-refractivity contribution is -0.162. The molecule has 212 valence electrons. The highest BCUT2D eigenvalue weighted by molar-refractivity contribution is 6.26. The van der Waals surface area contributed by atoms with Crippen molar-refractivity contribution in [1.29, 1.82) is 0 Å². The molecule has 1 spiro atoms. The largest absolute Gasteiger partial charge is 0.511 e. The number of hydrogen-bond acceptors (Lipinski definition) is 5. The maximum atomic E-state index is 14.6. The highest BCUT2D eigenvalue weighted by atomic mass is 16.6. The lowest BCUT2D eigenvalue weighted by Crippen LogP contribution is -2.54. The third-order valence-corrected chi connectivity index (χ3v) is 11.2. The minimum Gasteiger partial charge on any atom is -0.511 e. The van der Waals surface area contributed by atoms with Crippen LogP contribution in [0.4, 0.5) is 0 Å². The van der Waals surface area contributed by atoms with Gasteiger partial charge in [-0.15, -0.1) is 0 Å². The number of ketones is 1. The maximum Gasteiger partial charge on any atom is 0.346 e. The molecular formula is C34H46O5. The Kier molecular flexibility index (Phi) is 6.73. The number of ether oxygens (including phenoxy) is 1. The van der Waals surface area contributed by atoms with E-state index in [1.54, 1.807) is 0 Å². The van der Waals surface area contributed by atoms with Gasteiger partial charge in [-0.1, -0.05) is 67.4 Å². The first kappa shape index (κ1) is 28.1. The Balaban J connectivity index is 1.82. The van der Waals surface area contributed by atoms with Crippen molar-refractivity contribution in [2.75, 3.05) is 0 Å². The number of fused-ring (bicyclic) bond motifs is 4. The molecule has 4 aliphatic carbocycles. The lowest BCUT2D eigenvalue weighted by atomic mass is 9.49. The van der Waals surface area contributed by atoms with E-state index in [2.05, 4.69) is 65.8 Å². The highest BCUT2D eigenvalue weighted by Crippen LogP contribution is 2.62. The normalized spacial score (nSPS) is 47.9. The van der Waals surface area contributed by atoms with Crippen LogP contribution in [0.5, 0.6) is 0 Å². The average molecular weight is 535 g/mol. The lowest BCUT2D eigenvalue weighted by Gasteiger charge is -2.55. The number of carbonyl (C=O) groups is 2.